The van der Waals surface area contributed by atoms with E-state index in [1.54, 1.807) is 36.5 Å². The molecule has 2 heterocycles. The van der Waals surface area contributed by atoms with E-state index in [9.17, 15) is 4.79 Å². The van der Waals surface area contributed by atoms with E-state index in [4.69, 9.17) is 10.8 Å². The largest absolute Gasteiger partial charge is 0.314 e. The Bertz CT molecular complexity index is 840. The van der Waals surface area contributed by atoms with E-state index in [0.717, 1.165) is 22.4 Å². The van der Waals surface area contributed by atoms with Crippen LogP contribution in [0.15, 0.2) is 42.7 Å². The van der Waals surface area contributed by atoms with Gasteiger partial charge >= 0.3 is 0 Å². The summed E-state index contributed by atoms with van der Waals surface area (Å²) in [7, 11) is 1.77. The number of likely N-dealkylation sites (N-methyl/N-ethyl adjacent to an activating group) is 1. The van der Waals surface area contributed by atoms with Crippen LogP contribution in [0, 0.1) is 10.8 Å². The quantitative estimate of drug-likeness (QED) is 0.848. The lowest BCUT2D eigenvalue weighted by molar-refractivity contribution is -0.121. The number of hydrogen-bond donors (Lipinski definition) is 2. The van der Waals surface area contributed by atoms with Gasteiger partial charge in [-0.25, -0.2) is 0 Å². The molecule has 1 aromatic carbocycles. The van der Waals surface area contributed by atoms with Gasteiger partial charge in [-0.1, -0.05) is 12.1 Å². The molecule has 0 fully saturated rings. The predicted molar refractivity (Wildman–Crippen MR) is 95.4 cm³/mol. The molecule has 5 heteroatoms. The molecule has 1 aliphatic rings. The van der Waals surface area contributed by atoms with E-state index in [-0.39, 0.29) is 12.3 Å². The van der Waals surface area contributed by atoms with Gasteiger partial charge in [-0.2, -0.15) is 0 Å². The first kappa shape index (κ1) is 16.1. The molecule has 1 amide bonds. The van der Waals surface area contributed by atoms with Crippen LogP contribution >= 0.6 is 0 Å². The van der Waals surface area contributed by atoms with Gasteiger partial charge in [0.25, 0.3) is 0 Å². The minimum Gasteiger partial charge on any atom is -0.314 e. The molecule has 0 bridgehead atoms. The molecule has 0 saturated carbocycles. The third-order valence-electron chi connectivity index (χ3n) is 4.60. The van der Waals surface area contributed by atoms with Crippen LogP contribution in [0.3, 0.4) is 0 Å². The zero-order chi connectivity index (χ0) is 17.5. The molecule has 122 valence electrons. The minimum atomic E-state index is -0.533. The third kappa shape index (κ3) is 2.52. The average molecular weight is 320 g/mol. The molecule has 0 atom stereocenters. The minimum absolute atomic E-state index is 0.0608. The second-order valence-corrected chi connectivity index (χ2v) is 6.59. The first-order valence-corrected chi connectivity index (χ1v) is 7.80. The molecule has 0 unspecified atom stereocenters. The highest BCUT2D eigenvalue weighted by atomic mass is 16.2. The van der Waals surface area contributed by atoms with Crippen LogP contribution in [0.4, 0.5) is 5.69 Å². The summed E-state index contributed by atoms with van der Waals surface area (Å²) in [5.74, 6) is 0.0608. The van der Waals surface area contributed by atoms with Crippen LogP contribution in [0.5, 0.6) is 0 Å². The van der Waals surface area contributed by atoms with Gasteiger partial charge in [0.1, 0.15) is 0 Å². The molecule has 3 rings (SSSR count). The summed E-state index contributed by atoms with van der Waals surface area (Å²) < 4.78 is 0. The Morgan fingerprint density at radius 3 is 2.38 bits per heavy atom. The number of fused-ring (bicyclic) bond motifs is 1. The standard InChI is InChI=1S/C19H20N4O/c1-19(2)14-5-4-13(10-17(14)23(3)18(19)24)16(21)11-15(20)12-6-8-22-9-7-12/h4-10,20-21H,11H2,1-3H3. The van der Waals surface area contributed by atoms with Crippen molar-refractivity contribution in [3.8, 4) is 0 Å². The summed E-state index contributed by atoms with van der Waals surface area (Å²) in [5.41, 5.74) is 3.56. The highest BCUT2D eigenvalue weighted by Gasteiger charge is 2.42. The Kier molecular flexibility index (Phi) is 3.79. The zero-order valence-electron chi connectivity index (χ0n) is 14.1. The number of nitrogens with one attached hydrogen (secondary N) is 2. The number of benzene rings is 1. The van der Waals surface area contributed by atoms with Crippen molar-refractivity contribution in [1.29, 1.82) is 10.8 Å². The fourth-order valence-corrected chi connectivity index (χ4v) is 3.10. The van der Waals surface area contributed by atoms with Crippen molar-refractivity contribution in [3.05, 3.63) is 59.4 Å². The number of carbonyl (C=O) groups excluding carboxylic acids is 1. The number of amides is 1. The normalized spacial score (nSPS) is 15.3. The Balaban J connectivity index is 1.86. The van der Waals surface area contributed by atoms with Gasteiger partial charge in [0.15, 0.2) is 0 Å². The molecule has 0 aliphatic carbocycles. The molecule has 0 radical (unpaired) electrons. The zero-order valence-corrected chi connectivity index (χ0v) is 14.1. The van der Waals surface area contributed by atoms with Gasteiger partial charge in [-0.3, -0.25) is 9.78 Å². The first-order chi connectivity index (χ1) is 11.3. The average Bonchev–Trinajstić information content (AvgIpc) is 2.76. The van der Waals surface area contributed by atoms with Crippen LogP contribution < -0.4 is 4.90 Å². The van der Waals surface area contributed by atoms with E-state index in [1.807, 2.05) is 32.0 Å². The van der Waals surface area contributed by atoms with Crippen LogP contribution in [0.1, 0.15) is 37.0 Å². The summed E-state index contributed by atoms with van der Waals surface area (Å²) in [5, 5.41) is 16.5. The smallest absolute Gasteiger partial charge is 0.236 e. The lowest BCUT2D eigenvalue weighted by atomic mass is 9.85. The van der Waals surface area contributed by atoms with Crippen molar-refractivity contribution >= 4 is 23.0 Å². The maximum atomic E-state index is 12.4. The third-order valence-corrected chi connectivity index (χ3v) is 4.60. The van der Waals surface area contributed by atoms with E-state index >= 15 is 0 Å². The van der Waals surface area contributed by atoms with Crippen LogP contribution in [-0.4, -0.2) is 29.4 Å². The lowest BCUT2D eigenvalue weighted by Gasteiger charge is -2.16. The molecule has 1 aromatic heterocycles. The van der Waals surface area contributed by atoms with Crippen LogP contribution in [0.2, 0.25) is 0 Å². The van der Waals surface area contributed by atoms with Crippen LogP contribution in [-0.2, 0) is 10.2 Å². The Labute approximate surface area is 141 Å². The highest BCUT2D eigenvalue weighted by molar-refractivity contribution is 6.16. The number of nitrogens with zero attached hydrogens (tertiary/aromatic N) is 2. The number of carbonyl (C=O) groups is 1. The van der Waals surface area contributed by atoms with Gasteiger partial charge in [-0.05, 0) is 48.7 Å². The van der Waals surface area contributed by atoms with Crippen molar-refractivity contribution in [2.24, 2.45) is 0 Å². The van der Waals surface area contributed by atoms with Crippen molar-refractivity contribution in [2.75, 3.05) is 11.9 Å². The van der Waals surface area contributed by atoms with Crippen molar-refractivity contribution in [3.63, 3.8) is 0 Å². The maximum absolute atomic E-state index is 12.4. The van der Waals surface area contributed by atoms with Gasteiger partial charge < -0.3 is 15.7 Å². The number of pyridine rings is 1. The fourth-order valence-electron chi connectivity index (χ4n) is 3.10. The Morgan fingerprint density at radius 2 is 1.71 bits per heavy atom. The topological polar surface area (TPSA) is 80.9 Å². The van der Waals surface area contributed by atoms with E-state index in [1.165, 1.54) is 0 Å². The number of rotatable bonds is 4. The molecule has 2 N–H and O–H groups in total. The number of aromatic nitrogens is 1. The first-order valence-electron chi connectivity index (χ1n) is 7.80. The van der Waals surface area contributed by atoms with E-state index in [2.05, 4.69) is 4.98 Å². The molecule has 0 saturated heterocycles. The molecule has 1 aliphatic heterocycles. The highest BCUT2D eigenvalue weighted by Crippen LogP contribution is 2.41. The molecular formula is C19H20N4O. The summed E-state index contributed by atoms with van der Waals surface area (Å²) in [4.78, 5) is 18.0. The summed E-state index contributed by atoms with van der Waals surface area (Å²) >= 11 is 0. The lowest BCUT2D eigenvalue weighted by Crippen LogP contribution is -2.33. The van der Waals surface area contributed by atoms with Gasteiger partial charge in [0, 0.05) is 43.0 Å². The Morgan fingerprint density at radius 1 is 1.08 bits per heavy atom. The number of hydrogen-bond acceptors (Lipinski definition) is 4. The van der Waals surface area contributed by atoms with Crippen molar-refractivity contribution < 1.29 is 4.79 Å². The fraction of sp³-hybridized carbons (Fsp3) is 0.263. The monoisotopic (exact) mass is 320 g/mol. The SMILES string of the molecule is CN1C(=O)C(C)(C)c2ccc(C(=N)CC(=N)c3ccncc3)cc21. The molecule has 5 nitrogen and oxygen atoms in total. The second-order valence-electron chi connectivity index (χ2n) is 6.59. The summed E-state index contributed by atoms with van der Waals surface area (Å²) in [6.45, 7) is 3.84. The van der Waals surface area contributed by atoms with Gasteiger partial charge in [-0.15, -0.1) is 0 Å². The van der Waals surface area contributed by atoms with Gasteiger partial charge in [0.2, 0.25) is 5.91 Å². The molecular weight excluding hydrogens is 300 g/mol. The van der Waals surface area contributed by atoms with Crippen molar-refractivity contribution in [1.82, 2.24) is 4.98 Å². The summed E-state index contributed by atoms with van der Waals surface area (Å²) in [6.07, 6.45) is 3.53. The second kappa shape index (κ2) is 5.67. The summed E-state index contributed by atoms with van der Waals surface area (Å²) in [6, 6.07) is 9.22. The Hall–Kier alpha value is -2.82. The number of anilines is 1. The van der Waals surface area contributed by atoms with Crippen LogP contribution in [0.25, 0.3) is 0 Å². The predicted octanol–water partition coefficient (Wildman–Crippen LogP) is 3.16. The molecule has 2 aromatic rings. The van der Waals surface area contributed by atoms with Crippen molar-refractivity contribution in [2.45, 2.75) is 25.7 Å². The van der Waals surface area contributed by atoms with E-state index < -0.39 is 5.41 Å². The molecule has 24 heavy (non-hydrogen) atoms. The molecule has 0 spiro atoms. The van der Waals surface area contributed by atoms with Gasteiger partial charge in [0.05, 0.1) is 5.41 Å². The van der Waals surface area contributed by atoms with E-state index in [0.29, 0.717) is 11.4 Å². The maximum Gasteiger partial charge on any atom is 0.236 e.